The molecule has 0 aromatic carbocycles. The van der Waals surface area contributed by atoms with Crippen molar-refractivity contribution in [3.05, 3.63) is 10.4 Å². The first-order valence-electron chi connectivity index (χ1n) is 7.03. The van der Waals surface area contributed by atoms with E-state index in [4.69, 9.17) is 20.6 Å². The van der Waals surface area contributed by atoms with Gasteiger partial charge in [-0.3, -0.25) is 24.0 Å². The Morgan fingerprint density at radius 3 is 2.75 bits per heavy atom. The lowest BCUT2D eigenvalue weighted by Gasteiger charge is -2.24. The lowest BCUT2D eigenvalue weighted by atomic mass is 10.4. The highest BCUT2D eigenvalue weighted by atomic mass is 31.2. The number of H-pyrrole nitrogens is 1. The zero-order valence-corrected chi connectivity index (χ0v) is 13.6. The highest BCUT2D eigenvalue weighted by Gasteiger charge is 2.25. The molecule has 2 rings (SSSR count). The van der Waals surface area contributed by atoms with Gasteiger partial charge < -0.3 is 30.8 Å². The van der Waals surface area contributed by atoms with Crippen LogP contribution in [0.4, 0.5) is 17.5 Å². The van der Waals surface area contributed by atoms with Crippen LogP contribution in [0.25, 0.3) is 0 Å². The van der Waals surface area contributed by atoms with Crippen molar-refractivity contribution in [1.29, 1.82) is 0 Å². The monoisotopic (exact) mass is 362 g/mol. The summed E-state index contributed by atoms with van der Waals surface area (Å²) < 4.78 is 11.0. The standard InChI is InChI=1S/C11H19N6O6P/c12-11-14-9-8(10(20)15-11)13-6-17(9)2-1-16(5-7(18)19)3-4-24(21,22)23/h13H,1-6H2,(H,18,19)(H2,21,22,23)(H3,12,14,15,20). The van der Waals surface area contributed by atoms with Crippen molar-refractivity contribution in [2.24, 2.45) is 0 Å². The van der Waals surface area contributed by atoms with Crippen LogP contribution < -0.4 is 21.5 Å². The smallest absolute Gasteiger partial charge is 0.326 e. The minimum absolute atomic E-state index is 0.0312. The first-order chi connectivity index (χ1) is 11.2. The van der Waals surface area contributed by atoms with Crippen LogP contribution in [0.1, 0.15) is 0 Å². The van der Waals surface area contributed by atoms with E-state index in [-0.39, 0.29) is 31.3 Å². The first-order valence-corrected chi connectivity index (χ1v) is 8.83. The van der Waals surface area contributed by atoms with E-state index >= 15 is 0 Å². The molecular weight excluding hydrogens is 343 g/mol. The summed E-state index contributed by atoms with van der Waals surface area (Å²) in [5.41, 5.74) is 5.40. The summed E-state index contributed by atoms with van der Waals surface area (Å²) in [6.45, 7) is 0.426. The van der Waals surface area contributed by atoms with Crippen LogP contribution in [-0.2, 0) is 9.36 Å². The van der Waals surface area contributed by atoms with Crippen LogP contribution in [-0.4, -0.2) is 74.7 Å². The number of fused-ring (bicyclic) bond motifs is 1. The number of hydrogen-bond donors (Lipinski definition) is 6. The fourth-order valence-corrected chi connectivity index (χ4v) is 2.84. The predicted octanol–water partition coefficient (Wildman–Crippen LogP) is -1.89. The summed E-state index contributed by atoms with van der Waals surface area (Å²) in [7, 11) is -4.21. The molecule has 0 aliphatic carbocycles. The van der Waals surface area contributed by atoms with Gasteiger partial charge in [0, 0.05) is 19.6 Å². The van der Waals surface area contributed by atoms with Gasteiger partial charge in [0.2, 0.25) is 5.95 Å². The predicted molar refractivity (Wildman–Crippen MR) is 86.1 cm³/mol. The maximum atomic E-state index is 11.7. The Morgan fingerprint density at radius 2 is 2.12 bits per heavy atom. The van der Waals surface area contributed by atoms with Gasteiger partial charge in [0.15, 0.2) is 5.82 Å². The van der Waals surface area contributed by atoms with Gasteiger partial charge in [-0.05, 0) is 0 Å². The molecule has 0 spiro atoms. The highest BCUT2D eigenvalue weighted by molar-refractivity contribution is 7.51. The molecule has 0 radical (unpaired) electrons. The molecule has 0 amide bonds. The summed E-state index contributed by atoms with van der Waals surface area (Å²) in [4.78, 5) is 50.0. The van der Waals surface area contributed by atoms with E-state index in [0.717, 1.165) is 0 Å². The molecule has 1 aliphatic heterocycles. The van der Waals surface area contributed by atoms with Crippen molar-refractivity contribution in [3.8, 4) is 0 Å². The van der Waals surface area contributed by atoms with Crippen molar-refractivity contribution < 1.29 is 24.3 Å². The number of aliphatic carboxylic acids is 1. The molecular formula is C11H19N6O6P. The third-order valence-electron chi connectivity index (χ3n) is 3.42. The third-order valence-corrected chi connectivity index (χ3v) is 4.20. The molecule has 0 fully saturated rings. The number of nitrogens with two attached hydrogens (primary N) is 1. The summed E-state index contributed by atoms with van der Waals surface area (Å²) in [6, 6.07) is 0. The van der Waals surface area contributed by atoms with Crippen LogP contribution in [0.5, 0.6) is 0 Å². The number of carboxylic acid groups (broad SMARTS) is 1. The molecule has 13 heteroatoms. The van der Waals surface area contributed by atoms with Crippen molar-refractivity contribution in [2.45, 2.75) is 0 Å². The van der Waals surface area contributed by atoms with Crippen molar-refractivity contribution in [3.63, 3.8) is 0 Å². The molecule has 1 aromatic rings. The zero-order valence-electron chi connectivity index (χ0n) is 12.7. The Labute approximate surface area is 136 Å². The molecule has 0 saturated carbocycles. The fraction of sp³-hybridized carbons (Fsp3) is 0.545. The minimum atomic E-state index is -4.21. The molecule has 2 heterocycles. The number of carbonyl (C=O) groups is 1. The van der Waals surface area contributed by atoms with Gasteiger partial charge in [0.05, 0.1) is 19.4 Å². The van der Waals surface area contributed by atoms with E-state index in [2.05, 4.69) is 15.3 Å². The molecule has 0 atom stereocenters. The maximum Gasteiger partial charge on any atom is 0.326 e. The van der Waals surface area contributed by atoms with E-state index < -0.39 is 25.3 Å². The maximum absolute atomic E-state index is 11.7. The lowest BCUT2D eigenvalue weighted by molar-refractivity contribution is -0.138. The Bertz CT molecular complexity index is 717. The highest BCUT2D eigenvalue weighted by Crippen LogP contribution is 2.33. The lowest BCUT2D eigenvalue weighted by Crippen LogP contribution is -2.39. The number of anilines is 3. The molecule has 1 aliphatic rings. The number of aromatic amines is 1. The van der Waals surface area contributed by atoms with E-state index in [9.17, 15) is 14.2 Å². The average Bonchev–Trinajstić information content (AvgIpc) is 2.84. The topological polar surface area (TPSA) is 185 Å². The average molecular weight is 362 g/mol. The normalized spacial score (nSPS) is 13.9. The molecule has 0 unspecified atom stereocenters. The van der Waals surface area contributed by atoms with Gasteiger partial charge in [0.25, 0.3) is 5.56 Å². The Kier molecular flexibility index (Phi) is 5.44. The fourth-order valence-electron chi connectivity index (χ4n) is 2.30. The largest absolute Gasteiger partial charge is 0.480 e. The van der Waals surface area contributed by atoms with Crippen LogP contribution in [0.3, 0.4) is 0 Å². The van der Waals surface area contributed by atoms with Crippen molar-refractivity contribution in [1.82, 2.24) is 14.9 Å². The van der Waals surface area contributed by atoms with Crippen LogP contribution in [0.2, 0.25) is 0 Å². The van der Waals surface area contributed by atoms with Crippen LogP contribution in [0, 0.1) is 0 Å². The Balaban J connectivity index is 2.01. The Hall–Kier alpha value is -2.14. The molecule has 134 valence electrons. The van der Waals surface area contributed by atoms with Gasteiger partial charge >= 0.3 is 13.6 Å². The van der Waals surface area contributed by atoms with E-state index in [1.165, 1.54) is 4.90 Å². The minimum Gasteiger partial charge on any atom is -0.480 e. The number of nitrogens with zero attached hydrogens (tertiary/aromatic N) is 3. The number of nitrogens with one attached hydrogen (secondary N) is 2. The second-order valence-electron chi connectivity index (χ2n) is 5.31. The van der Waals surface area contributed by atoms with Crippen LogP contribution >= 0.6 is 7.60 Å². The quantitative estimate of drug-likeness (QED) is 0.284. The number of rotatable bonds is 8. The molecule has 1 aromatic heterocycles. The summed E-state index contributed by atoms with van der Waals surface area (Å²) >= 11 is 0. The van der Waals surface area contributed by atoms with Gasteiger partial charge in [0.1, 0.15) is 5.69 Å². The van der Waals surface area contributed by atoms with Crippen LogP contribution in [0.15, 0.2) is 4.79 Å². The second kappa shape index (κ2) is 7.18. The summed E-state index contributed by atoms with van der Waals surface area (Å²) in [5, 5.41) is 11.8. The summed E-state index contributed by atoms with van der Waals surface area (Å²) in [6.07, 6.45) is -0.431. The number of hydrogen-bond acceptors (Lipinski definition) is 8. The van der Waals surface area contributed by atoms with E-state index in [0.29, 0.717) is 19.0 Å². The number of carboxylic acids is 1. The van der Waals surface area contributed by atoms with Gasteiger partial charge in [-0.15, -0.1) is 0 Å². The molecule has 12 nitrogen and oxygen atoms in total. The van der Waals surface area contributed by atoms with Gasteiger partial charge in [-0.1, -0.05) is 0 Å². The Morgan fingerprint density at radius 1 is 1.42 bits per heavy atom. The van der Waals surface area contributed by atoms with Crippen molar-refractivity contribution in [2.75, 3.05) is 55.0 Å². The van der Waals surface area contributed by atoms with E-state index in [1.54, 1.807) is 4.90 Å². The second-order valence-corrected chi connectivity index (χ2v) is 7.08. The molecule has 0 saturated heterocycles. The van der Waals surface area contributed by atoms with Crippen molar-refractivity contribution >= 4 is 31.0 Å². The SMILES string of the molecule is Nc1nc2c(c(=O)[nH]1)NCN2CCN(CCP(=O)(O)O)CC(=O)O. The molecule has 24 heavy (non-hydrogen) atoms. The van der Waals surface area contributed by atoms with Gasteiger partial charge in [-0.25, -0.2) is 0 Å². The zero-order chi connectivity index (χ0) is 17.9. The number of aromatic nitrogens is 2. The number of nitrogen functional groups attached to an aromatic ring is 1. The molecule has 7 N–H and O–H groups in total. The van der Waals surface area contributed by atoms with E-state index in [1.807, 2.05) is 0 Å². The summed E-state index contributed by atoms with van der Waals surface area (Å²) in [5.74, 6) is -0.766. The third kappa shape index (κ3) is 4.93. The first kappa shape index (κ1) is 18.2. The molecule has 0 bridgehead atoms. The van der Waals surface area contributed by atoms with Gasteiger partial charge in [-0.2, -0.15) is 4.98 Å².